The molecule has 9 rings (SSSR count). The molecule has 0 bridgehead atoms. The number of carbonyl (C=O) groups excluding carboxylic acids is 4. The van der Waals surface area contributed by atoms with Gasteiger partial charge in [-0.3, -0.25) is 14.4 Å². The van der Waals surface area contributed by atoms with Gasteiger partial charge >= 0.3 is 6.09 Å². The zero-order chi connectivity index (χ0) is 43.5. The Labute approximate surface area is 361 Å². The normalized spacial score (nSPS) is 17.0. The Morgan fingerprint density at radius 2 is 1.32 bits per heavy atom. The standard InChI is InChI=1S/C48H44FN9O5/c1-63-48(62)56-43(30-12-6-3-7-13-30)47(61)58-23-9-15-41(58)45-51-27-39(55-45)33-16-19-34(35(49)25-33)37-21-18-31-24-32(17-20-36(31)53-37)38-26-50-44(54-38)40-14-8-22-57(40)46(60)42(52-28-59)29-10-4-2-5-11-29/h2-7,10-13,16-21,24-28,40-43H,8-9,14-15,22-23H2,1H3,(H,50,54)(H,51,55)(H,52,59)(H,56,62)/t40-,41-,42+,43+/m0/s1. The number of fused-ring (bicyclic) bond motifs is 1. The Balaban J connectivity index is 0.892. The third-order valence-corrected chi connectivity index (χ3v) is 11.9. The van der Waals surface area contributed by atoms with Gasteiger partial charge in [0.15, 0.2) is 0 Å². The van der Waals surface area contributed by atoms with E-state index in [0.29, 0.717) is 76.7 Å². The molecule has 4 aromatic carbocycles. The summed E-state index contributed by atoms with van der Waals surface area (Å²) in [4.78, 5) is 75.7. The molecule has 2 saturated heterocycles. The zero-order valence-corrected chi connectivity index (χ0v) is 34.3. The number of benzene rings is 4. The van der Waals surface area contributed by atoms with E-state index in [-0.39, 0.29) is 23.9 Å². The van der Waals surface area contributed by atoms with Crippen molar-refractivity contribution in [1.29, 1.82) is 0 Å². The maximum Gasteiger partial charge on any atom is 0.407 e. The molecule has 14 nitrogen and oxygen atoms in total. The van der Waals surface area contributed by atoms with Crippen molar-refractivity contribution < 1.29 is 28.3 Å². The van der Waals surface area contributed by atoms with Crippen LogP contribution in [0.1, 0.15) is 72.6 Å². The Morgan fingerprint density at radius 1 is 0.746 bits per heavy atom. The molecule has 63 heavy (non-hydrogen) atoms. The minimum absolute atomic E-state index is 0.186. The lowest BCUT2D eigenvalue weighted by Gasteiger charge is -2.28. The maximum absolute atomic E-state index is 15.9. The molecule has 3 aromatic heterocycles. The first-order valence-corrected chi connectivity index (χ1v) is 20.9. The topological polar surface area (TPSA) is 178 Å². The number of carbonyl (C=O) groups is 4. The summed E-state index contributed by atoms with van der Waals surface area (Å²) in [6.07, 6.45) is 6.22. The Morgan fingerprint density at radius 3 is 1.90 bits per heavy atom. The van der Waals surface area contributed by atoms with Gasteiger partial charge in [-0.25, -0.2) is 24.1 Å². The van der Waals surface area contributed by atoms with Gasteiger partial charge in [0, 0.05) is 35.2 Å². The number of methoxy groups -OCH3 is 1. The molecule has 4 atom stereocenters. The first-order valence-electron chi connectivity index (χ1n) is 20.9. The fourth-order valence-corrected chi connectivity index (χ4v) is 8.73. The Hall–Kier alpha value is -7.68. The molecule has 5 heterocycles. The summed E-state index contributed by atoms with van der Waals surface area (Å²) in [7, 11) is 1.25. The molecule has 0 unspecified atom stereocenters. The van der Waals surface area contributed by atoms with Gasteiger partial charge in [0.1, 0.15) is 29.5 Å². The number of pyridine rings is 1. The predicted molar refractivity (Wildman–Crippen MR) is 233 cm³/mol. The van der Waals surface area contributed by atoms with Gasteiger partial charge < -0.3 is 35.1 Å². The number of nitrogens with one attached hydrogen (secondary N) is 4. The van der Waals surface area contributed by atoms with Crippen LogP contribution < -0.4 is 10.6 Å². The second-order valence-electron chi connectivity index (χ2n) is 15.6. The van der Waals surface area contributed by atoms with E-state index < -0.39 is 24.0 Å². The number of imidazole rings is 2. The third-order valence-electron chi connectivity index (χ3n) is 11.9. The minimum atomic E-state index is -0.938. The van der Waals surface area contributed by atoms with Crippen LogP contribution in [0.2, 0.25) is 0 Å². The van der Waals surface area contributed by atoms with Crippen LogP contribution in [0, 0.1) is 5.82 Å². The molecule has 0 spiro atoms. The molecule has 0 aliphatic carbocycles. The van der Waals surface area contributed by atoms with Gasteiger partial charge in [0.25, 0.3) is 5.91 Å². The number of aromatic nitrogens is 5. The number of halogens is 1. The van der Waals surface area contributed by atoms with E-state index >= 15 is 4.39 Å². The smallest absolute Gasteiger partial charge is 0.407 e. The number of rotatable bonds is 12. The molecule has 4 N–H and O–H groups in total. The quantitative estimate of drug-likeness (QED) is 0.0903. The number of hydrogen-bond donors (Lipinski definition) is 4. The van der Waals surface area contributed by atoms with Crippen LogP contribution in [-0.4, -0.2) is 79.2 Å². The van der Waals surface area contributed by atoms with E-state index in [4.69, 9.17) is 9.72 Å². The molecule has 2 aliphatic heterocycles. The zero-order valence-electron chi connectivity index (χ0n) is 34.3. The average Bonchev–Trinajstić information content (AvgIpc) is 4.17. The molecule has 0 saturated carbocycles. The minimum Gasteiger partial charge on any atom is -0.453 e. The van der Waals surface area contributed by atoms with Crippen LogP contribution in [0.3, 0.4) is 0 Å². The predicted octanol–water partition coefficient (Wildman–Crippen LogP) is 7.73. The fourth-order valence-electron chi connectivity index (χ4n) is 8.73. The first kappa shape index (κ1) is 40.7. The van der Waals surface area contributed by atoms with Crippen LogP contribution in [0.15, 0.2) is 122 Å². The Kier molecular flexibility index (Phi) is 11.5. The van der Waals surface area contributed by atoms with Crippen LogP contribution in [0.25, 0.3) is 44.7 Å². The highest BCUT2D eigenvalue weighted by molar-refractivity contribution is 5.88. The SMILES string of the molecule is COC(=O)N[C@@H](C(=O)N1CCC[C@H]1c1ncc(-c2ccc(-c3ccc4cc(-c5cnc([C@@H]6CCCN6C(=O)[C@H](NC=O)c6ccccc6)[nH]5)ccc4n3)c(F)c2)[nH]1)c1ccccc1. The van der Waals surface area contributed by atoms with E-state index in [1.807, 2.05) is 66.7 Å². The maximum atomic E-state index is 15.9. The molecular weight excluding hydrogens is 802 g/mol. The van der Waals surface area contributed by atoms with Crippen molar-refractivity contribution in [1.82, 2.24) is 45.4 Å². The summed E-state index contributed by atoms with van der Waals surface area (Å²) in [5.41, 5.74) is 5.70. The monoisotopic (exact) mass is 845 g/mol. The second-order valence-corrected chi connectivity index (χ2v) is 15.6. The lowest BCUT2D eigenvalue weighted by molar-refractivity contribution is -0.136. The van der Waals surface area contributed by atoms with Gasteiger partial charge in [-0.2, -0.15) is 0 Å². The highest BCUT2D eigenvalue weighted by atomic mass is 19.1. The van der Waals surface area contributed by atoms with Crippen molar-refractivity contribution in [2.75, 3.05) is 20.2 Å². The summed E-state index contributed by atoms with van der Waals surface area (Å²) in [6.45, 7) is 1.04. The van der Waals surface area contributed by atoms with E-state index in [2.05, 4.69) is 30.6 Å². The number of likely N-dealkylation sites (tertiary alicyclic amines) is 2. The molecule has 2 aliphatic rings. The lowest BCUT2D eigenvalue weighted by Crippen LogP contribution is -2.42. The van der Waals surface area contributed by atoms with Crippen LogP contribution >= 0.6 is 0 Å². The highest BCUT2D eigenvalue weighted by Crippen LogP contribution is 2.37. The van der Waals surface area contributed by atoms with Gasteiger partial charge in [-0.15, -0.1) is 0 Å². The van der Waals surface area contributed by atoms with E-state index in [1.165, 1.54) is 13.2 Å². The molecule has 2 fully saturated rings. The van der Waals surface area contributed by atoms with Gasteiger partial charge in [0.05, 0.1) is 54.2 Å². The molecule has 318 valence electrons. The number of amides is 4. The fraction of sp³-hybridized carbons (Fsp3) is 0.229. The number of ether oxygens (including phenoxy) is 1. The number of alkyl carbamates (subject to hydrolysis) is 1. The van der Waals surface area contributed by atoms with Crippen LogP contribution in [-0.2, 0) is 19.1 Å². The summed E-state index contributed by atoms with van der Waals surface area (Å²) < 4.78 is 20.7. The van der Waals surface area contributed by atoms with Crippen molar-refractivity contribution >= 4 is 35.2 Å². The van der Waals surface area contributed by atoms with Crippen molar-refractivity contribution in [3.05, 3.63) is 150 Å². The summed E-state index contributed by atoms with van der Waals surface area (Å²) >= 11 is 0. The van der Waals surface area contributed by atoms with Crippen molar-refractivity contribution in [2.45, 2.75) is 49.9 Å². The third kappa shape index (κ3) is 8.24. The van der Waals surface area contributed by atoms with E-state index in [1.54, 1.807) is 58.6 Å². The molecule has 15 heteroatoms. The molecular formula is C48H44FN9O5. The van der Waals surface area contributed by atoms with Crippen molar-refractivity contribution in [3.63, 3.8) is 0 Å². The number of hydrogen-bond acceptors (Lipinski definition) is 8. The van der Waals surface area contributed by atoms with Gasteiger partial charge in [0.2, 0.25) is 12.3 Å². The van der Waals surface area contributed by atoms with E-state index in [0.717, 1.165) is 35.9 Å². The second kappa shape index (κ2) is 17.7. The summed E-state index contributed by atoms with van der Waals surface area (Å²) in [6, 6.07) is 30.3. The van der Waals surface area contributed by atoms with Gasteiger partial charge in [-0.05, 0) is 67.1 Å². The Bertz CT molecular complexity index is 2800. The highest BCUT2D eigenvalue weighted by Gasteiger charge is 2.38. The van der Waals surface area contributed by atoms with Crippen LogP contribution in [0.4, 0.5) is 9.18 Å². The largest absolute Gasteiger partial charge is 0.453 e. The van der Waals surface area contributed by atoms with Crippen LogP contribution in [0.5, 0.6) is 0 Å². The molecule has 0 radical (unpaired) electrons. The number of aromatic amines is 2. The first-order chi connectivity index (χ1) is 30.8. The average molecular weight is 846 g/mol. The van der Waals surface area contributed by atoms with Crippen molar-refractivity contribution in [3.8, 4) is 33.8 Å². The number of nitrogens with zero attached hydrogens (tertiary/aromatic N) is 5. The van der Waals surface area contributed by atoms with E-state index in [9.17, 15) is 19.2 Å². The molecule has 7 aromatic rings. The number of H-pyrrole nitrogens is 2. The van der Waals surface area contributed by atoms with Crippen molar-refractivity contribution in [2.24, 2.45) is 0 Å². The summed E-state index contributed by atoms with van der Waals surface area (Å²) in [5, 5.41) is 6.23. The van der Waals surface area contributed by atoms with Gasteiger partial charge in [-0.1, -0.05) is 78.9 Å². The lowest BCUT2D eigenvalue weighted by atomic mass is 10.0. The molecule has 4 amide bonds. The summed E-state index contributed by atoms with van der Waals surface area (Å²) in [5.74, 6) is 0.329.